The molecule has 2 atom stereocenters. The summed E-state index contributed by atoms with van der Waals surface area (Å²) in [6.07, 6.45) is 55.7. The third-order valence-electron chi connectivity index (χ3n) is 11.2. The molecular weight excluding hydrogens is 707 g/mol. The minimum Gasteiger partial charge on any atom is -0.466 e. The number of hydrogen-bond donors (Lipinski definition) is 3. The summed E-state index contributed by atoms with van der Waals surface area (Å²) >= 11 is 0. The number of aliphatic hydroxyl groups is 2. The van der Waals surface area contributed by atoms with E-state index in [1.165, 1.54) is 141 Å². The quantitative estimate of drug-likeness (QED) is 0.0324. The van der Waals surface area contributed by atoms with Crippen LogP contribution < -0.4 is 5.32 Å². The van der Waals surface area contributed by atoms with Crippen LogP contribution in [-0.4, -0.2) is 47.4 Å². The topological polar surface area (TPSA) is 95.9 Å². The van der Waals surface area contributed by atoms with Gasteiger partial charge < -0.3 is 20.3 Å². The summed E-state index contributed by atoms with van der Waals surface area (Å²) in [6.45, 7) is 4.83. The summed E-state index contributed by atoms with van der Waals surface area (Å²) in [7, 11) is 0. The van der Waals surface area contributed by atoms with Crippen LogP contribution in [0.3, 0.4) is 0 Å². The zero-order valence-corrected chi connectivity index (χ0v) is 37.8. The minimum atomic E-state index is -0.853. The van der Waals surface area contributed by atoms with Gasteiger partial charge in [-0.1, -0.05) is 204 Å². The maximum absolute atomic E-state index is 12.4. The second-order valence-corrected chi connectivity index (χ2v) is 16.8. The molecular formula is C51H95NO5. The van der Waals surface area contributed by atoms with Crippen molar-refractivity contribution in [3.63, 3.8) is 0 Å². The van der Waals surface area contributed by atoms with Gasteiger partial charge in [-0.25, -0.2) is 0 Å². The largest absolute Gasteiger partial charge is 0.466 e. The molecule has 0 bridgehead atoms. The van der Waals surface area contributed by atoms with Crippen molar-refractivity contribution in [2.45, 2.75) is 264 Å². The predicted molar refractivity (Wildman–Crippen MR) is 246 cm³/mol. The second-order valence-electron chi connectivity index (χ2n) is 16.8. The van der Waals surface area contributed by atoms with E-state index in [0.29, 0.717) is 19.4 Å². The molecule has 0 heterocycles. The van der Waals surface area contributed by atoms with Crippen LogP contribution in [0.15, 0.2) is 36.5 Å². The van der Waals surface area contributed by atoms with Gasteiger partial charge in [0.15, 0.2) is 0 Å². The van der Waals surface area contributed by atoms with Crippen LogP contribution in [0.1, 0.15) is 251 Å². The molecule has 0 aromatic heterocycles. The molecule has 0 rings (SSSR count). The lowest BCUT2D eigenvalue weighted by molar-refractivity contribution is -0.143. The van der Waals surface area contributed by atoms with Crippen molar-refractivity contribution < 1.29 is 24.5 Å². The molecule has 6 heteroatoms. The van der Waals surface area contributed by atoms with Crippen molar-refractivity contribution >= 4 is 11.9 Å². The fourth-order valence-electron chi connectivity index (χ4n) is 7.31. The van der Waals surface area contributed by atoms with Crippen LogP contribution in [0, 0.1) is 0 Å². The van der Waals surface area contributed by atoms with E-state index in [0.717, 1.165) is 83.5 Å². The van der Waals surface area contributed by atoms with Gasteiger partial charge in [0.1, 0.15) is 0 Å². The number of carbonyl (C=O) groups excluding carboxylic acids is 2. The molecule has 0 aliphatic heterocycles. The highest BCUT2D eigenvalue weighted by molar-refractivity contribution is 5.76. The average molecular weight is 802 g/mol. The van der Waals surface area contributed by atoms with Gasteiger partial charge in [0.05, 0.1) is 25.4 Å². The van der Waals surface area contributed by atoms with Crippen molar-refractivity contribution in [2.75, 3.05) is 13.2 Å². The maximum Gasteiger partial charge on any atom is 0.305 e. The number of hydrogen-bond acceptors (Lipinski definition) is 5. The number of rotatable bonds is 45. The monoisotopic (exact) mass is 802 g/mol. The zero-order chi connectivity index (χ0) is 41.5. The predicted octanol–water partition coefficient (Wildman–Crippen LogP) is 14.5. The van der Waals surface area contributed by atoms with E-state index in [1.807, 2.05) is 6.08 Å². The SMILES string of the molecule is CCCCCCCCCC/C=C/C(O)C(CO)NC(=O)CCCCCCCCC/C=C\C/C=C\CCCCCOC(=O)CCCCCCCCCCCCCCC. The van der Waals surface area contributed by atoms with E-state index in [1.54, 1.807) is 6.08 Å². The smallest absolute Gasteiger partial charge is 0.305 e. The molecule has 0 spiro atoms. The molecule has 0 aliphatic carbocycles. The zero-order valence-electron chi connectivity index (χ0n) is 37.8. The van der Waals surface area contributed by atoms with Crippen molar-refractivity contribution in [3.8, 4) is 0 Å². The van der Waals surface area contributed by atoms with E-state index >= 15 is 0 Å². The number of allylic oxidation sites excluding steroid dienone is 5. The van der Waals surface area contributed by atoms with Crippen molar-refractivity contribution in [3.05, 3.63) is 36.5 Å². The van der Waals surface area contributed by atoms with Gasteiger partial charge in [0, 0.05) is 12.8 Å². The van der Waals surface area contributed by atoms with Gasteiger partial charge >= 0.3 is 5.97 Å². The van der Waals surface area contributed by atoms with Gasteiger partial charge in [-0.2, -0.15) is 0 Å². The minimum absolute atomic E-state index is 0.0159. The Morgan fingerprint density at radius 1 is 0.491 bits per heavy atom. The molecule has 334 valence electrons. The van der Waals surface area contributed by atoms with E-state index < -0.39 is 12.1 Å². The summed E-state index contributed by atoms with van der Waals surface area (Å²) < 4.78 is 5.44. The maximum atomic E-state index is 12.4. The fraction of sp³-hybridized carbons (Fsp3) is 0.843. The number of esters is 1. The van der Waals surface area contributed by atoms with E-state index in [2.05, 4.69) is 43.5 Å². The number of carbonyl (C=O) groups is 2. The second kappa shape index (κ2) is 46.8. The number of unbranched alkanes of at least 4 members (excludes halogenated alkanes) is 30. The third kappa shape index (κ3) is 43.5. The molecule has 6 nitrogen and oxygen atoms in total. The lowest BCUT2D eigenvalue weighted by Crippen LogP contribution is -2.45. The van der Waals surface area contributed by atoms with Crippen LogP contribution in [-0.2, 0) is 14.3 Å². The molecule has 57 heavy (non-hydrogen) atoms. The highest BCUT2D eigenvalue weighted by atomic mass is 16.5. The Kier molecular flexibility index (Phi) is 45.2. The van der Waals surface area contributed by atoms with E-state index in [-0.39, 0.29) is 18.5 Å². The molecule has 1 amide bonds. The number of aliphatic hydroxyl groups excluding tert-OH is 2. The van der Waals surface area contributed by atoms with Gasteiger partial charge in [-0.05, 0) is 70.6 Å². The third-order valence-corrected chi connectivity index (χ3v) is 11.2. The summed E-state index contributed by atoms with van der Waals surface area (Å²) in [5, 5.41) is 22.9. The number of ether oxygens (including phenoxy) is 1. The lowest BCUT2D eigenvalue weighted by atomic mass is 10.0. The Balaban J connectivity index is 3.52. The Bertz CT molecular complexity index is 931. The number of amides is 1. The first kappa shape index (κ1) is 55.1. The highest BCUT2D eigenvalue weighted by Crippen LogP contribution is 2.15. The molecule has 0 radical (unpaired) electrons. The first-order valence-electron chi connectivity index (χ1n) is 24.8. The normalized spacial score (nSPS) is 13.0. The van der Waals surface area contributed by atoms with E-state index in [9.17, 15) is 19.8 Å². The first-order chi connectivity index (χ1) is 28.0. The molecule has 0 aromatic carbocycles. The summed E-state index contributed by atoms with van der Waals surface area (Å²) in [4.78, 5) is 24.3. The van der Waals surface area contributed by atoms with Crippen LogP contribution >= 0.6 is 0 Å². The van der Waals surface area contributed by atoms with Gasteiger partial charge in [-0.3, -0.25) is 9.59 Å². The Hall–Kier alpha value is -1.92. The van der Waals surface area contributed by atoms with Crippen LogP contribution in [0.2, 0.25) is 0 Å². The molecule has 3 N–H and O–H groups in total. The Labute approximate surface area is 353 Å². The molecule has 0 aliphatic rings. The Morgan fingerprint density at radius 2 is 0.877 bits per heavy atom. The van der Waals surface area contributed by atoms with Gasteiger partial charge in [0.25, 0.3) is 0 Å². The summed E-state index contributed by atoms with van der Waals surface area (Å²) in [5.41, 5.74) is 0. The summed E-state index contributed by atoms with van der Waals surface area (Å²) in [6, 6.07) is -0.638. The molecule has 0 saturated carbocycles. The fourth-order valence-corrected chi connectivity index (χ4v) is 7.31. The van der Waals surface area contributed by atoms with Crippen molar-refractivity contribution in [1.82, 2.24) is 5.32 Å². The lowest BCUT2D eigenvalue weighted by Gasteiger charge is -2.20. The number of nitrogens with one attached hydrogen (secondary N) is 1. The molecule has 0 fully saturated rings. The van der Waals surface area contributed by atoms with Gasteiger partial charge in [-0.15, -0.1) is 0 Å². The van der Waals surface area contributed by atoms with Crippen LogP contribution in [0.25, 0.3) is 0 Å². The van der Waals surface area contributed by atoms with E-state index in [4.69, 9.17) is 4.74 Å². The van der Waals surface area contributed by atoms with Crippen LogP contribution in [0.4, 0.5) is 0 Å². The van der Waals surface area contributed by atoms with Crippen LogP contribution in [0.5, 0.6) is 0 Å². The van der Waals surface area contributed by atoms with Crippen molar-refractivity contribution in [1.29, 1.82) is 0 Å². The molecule has 0 aromatic rings. The standard InChI is InChI=1S/C51H95NO5/c1-3-5-7-9-11-13-15-21-25-29-33-37-41-45-51(56)57-46-42-38-34-30-26-23-20-18-16-17-19-22-24-28-32-36-40-44-50(55)52-48(47-53)49(54)43-39-35-31-27-14-12-10-8-6-4-2/h16,18,23,26,39,43,48-49,53-54H,3-15,17,19-22,24-25,27-38,40-42,44-47H2,1-2H3,(H,52,55)/b18-16-,26-23-,43-39+. The van der Waals surface area contributed by atoms with Crippen molar-refractivity contribution in [2.24, 2.45) is 0 Å². The first-order valence-corrected chi connectivity index (χ1v) is 24.8. The Morgan fingerprint density at radius 3 is 1.33 bits per heavy atom. The highest BCUT2D eigenvalue weighted by Gasteiger charge is 2.18. The molecule has 2 unspecified atom stereocenters. The summed E-state index contributed by atoms with van der Waals surface area (Å²) in [5.74, 6) is -0.103. The van der Waals surface area contributed by atoms with Gasteiger partial charge in [0.2, 0.25) is 5.91 Å². The average Bonchev–Trinajstić information content (AvgIpc) is 3.21. The molecule has 0 saturated heterocycles.